The molecule has 0 atom stereocenters. The van der Waals surface area contributed by atoms with E-state index in [1.165, 1.54) is 5.56 Å². The highest BCUT2D eigenvalue weighted by Gasteiger charge is 2.19. The maximum Gasteiger partial charge on any atom is 0.299 e. The number of fused-ring (bicyclic) bond motifs is 1. The Morgan fingerprint density at radius 1 is 1.10 bits per heavy atom. The number of hydrogen-bond acceptors (Lipinski definition) is 2. The Bertz CT molecular complexity index is 726. The highest BCUT2D eigenvalue weighted by atomic mass is 16.2. The summed E-state index contributed by atoms with van der Waals surface area (Å²) in [5.74, 6) is 5.51. The summed E-state index contributed by atoms with van der Waals surface area (Å²) in [6, 6.07) is 15.4. The van der Waals surface area contributed by atoms with Gasteiger partial charge < -0.3 is 10.6 Å². The van der Waals surface area contributed by atoms with Gasteiger partial charge in [0, 0.05) is 30.3 Å². The summed E-state index contributed by atoms with van der Waals surface area (Å²) in [4.78, 5) is 14.0. The Kier molecular flexibility index (Phi) is 3.61. The van der Waals surface area contributed by atoms with Gasteiger partial charge in [-0.05, 0) is 41.8 Å². The number of hydrogen-bond donors (Lipinski definition) is 1. The van der Waals surface area contributed by atoms with Gasteiger partial charge in [0.2, 0.25) is 0 Å². The number of nitrogen functional groups attached to an aromatic ring is 1. The van der Waals surface area contributed by atoms with Gasteiger partial charge in [-0.25, -0.2) is 0 Å². The molecule has 3 rings (SSSR count). The van der Waals surface area contributed by atoms with Crippen LogP contribution >= 0.6 is 0 Å². The molecule has 0 radical (unpaired) electrons. The fourth-order valence-electron chi connectivity index (χ4n) is 2.47. The Morgan fingerprint density at radius 3 is 2.71 bits per heavy atom. The second-order valence-corrected chi connectivity index (χ2v) is 5.12. The standard InChI is InChI=1S/C18H16N2O/c19-17-8-7-16-13-20(11-10-15(16)12-17)18(21)9-6-14-4-2-1-3-5-14/h1-5,7-8,12H,10-11,13,19H2. The van der Waals surface area contributed by atoms with Crippen LogP contribution in [0.3, 0.4) is 0 Å². The number of carbonyl (C=O) groups is 1. The zero-order chi connectivity index (χ0) is 14.7. The second kappa shape index (κ2) is 5.72. The Balaban J connectivity index is 1.73. The van der Waals surface area contributed by atoms with Crippen molar-refractivity contribution in [2.24, 2.45) is 0 Å². The zero-order valence-electron chi connectivity index (χ0n) is 11.7. The highest BCUT2D eigenvalue weighted by Crippen LogP contribution is 2.21. The monoisotopic (exact) mass is 276 g/mol. The molecular formula is C18H16N2O. The van der Waals surface area contributed by atoms with Gasteiger partial charge in [-0.2, -0.15) is 0 Å². The van der Waals surface area contributed by atoms with Gasteiger partial charge in [0.1, 0.15) is 0 Å². The molecule has 0 unspecified atom stereocenters. The third-order valence-corrected chi connectivity index (χ3v) is 3.62. The number of carbonyl (C=O) groups excluding carboxylic acids is 1. The van der Waals surface area contributed by atoms with Crippen molar-refractivity contribution in [2.45, 2.75) is 13.0 Å². The molecule has 0 fully saturated rings. The van der Waals surface area contributed by atoms with Gasteiger partial charge >= 0.3 is 0 Å². The van der Waals surface area contributed by atoms with Gasteiger partial charge in [0.05, 0.1) is 0 Å². The van der Waals surface area contributed by atoms with Crippen LogP contribution in [0.15, 0.2) is 48.5 Å². The molecule has 3 nitrogen and oxygen atoms in total. The summed E-state index contributed by atoms with van der Waals surface area (Å²) in [7, 11) is 0. The number of nitrogens with two attached hydrogens (primary N) is 1. The van der Waals surface area contributed by atoms with Crippen LogP contribution in [0.4, 0.5) is 5.69 Å². The van der Waals surface area contributed by atoms with Crippen molar-refractivity contribution >= 4 is 11.6 Å². The largest absolute Gasteiger partial charge is 0.399 e. The molecule has 3 heteroatoms. The molecule has 21 heavy (non-hydrogen) atoms. The number of nitrogens with zero attached hydrogens (tertiary/aromatic N) is 1. The Labute approximate surface area is 124 Å². The molecule has 1 amide bonds. The molecule has 0 spiro atoms. The van der Waals surface area contributed by atoms with E-state index in [0.29, 0.717) is 13.1 Å². The molecule has 0 saturated heterocycles. The first-order valence-corrected chi connectivity index (χ1v) is 6.95. The third kappa shape index (κ3) is 3.06. The lowest BCUT2D eigenvalue weighted by atomic mass is 9.99. The topological polar surface area (TPSA) is 46.3 Å². The van der Waals surface area contributed by atoms with Gasteiger partial charge in [-0.3, -0.25) is 4.79 Å². The van der Waals surface area contributed by atoms with Crippen molar-refractivity contribution in [2.75, 3.05) is 12.3 Å². The molecular weight excluding hydrogens is 260 g/mol. The molecule has 2 aromatic rings. The minimum atomic E-state index is -0.124. The molecule has 2 aromatic carbocycles. The van der Waals surface area contributed by atoms with E-state index in [2.05, 4.69) is 11.8 Å². The van der Waals surface area contributed by atoms with E-state index in [4.69, 9.17) is 5.73 Å². The fraction of sp³-hybridized carbons (Fsp3) is 0.167. The molecule has 1 heterocycles. The Hall–Kier alpha value is -2.73. The van der Waals surface area contributed by atoms with Gasteiger partial charge in [-0.15, -0.1) is 0 Å². The summed E-state index contributed by atoms with van der Waals surface area (Å²) >= 11 is 0. The van der Waals surface area contributed by atoms with Crippen LogP contribution in [0, 0.1) is 11.8 Å². The summed E-state index contributed by atoms with van der Waals surface area (Å²) in [6.07, 6.45) is 0.832. The summed E-state index contributed by atoms with van der Waals surface area (Å²) in [5, 5.41) is 0. The van der Waals surface area contributed by atoms with Crippen LogP contribution in [0.2, 0.25) is 0 Å². The van der Waals surface area contributed by atoms with Crippen LogP contribution in [0.1, 0.15) is 16.7 Å². The van der Waals surface area contributed by atoms with E-state index in [-0.39, 0.29) is 5.91 Å². The zero-order valence-corrected chi connectivity index (χ0v) is 11.7. The predicted molar refractivity (Wildman–Crippen MR) is 83.3 cm³/mol. The van der Waals surface area contributed by atoms with Crippen molar-refractivity contribution in [1.29, 1.82) is 0 Å². The second-order valence-electron chi connectivity index (χ2n) is 5.12. The number of rotatable bonds is 0. The first-order valence-electron chi connectivity index (χ1n) is 6.95. The molecule has 0 bridgehead atoms. The lowest BCUT2D eigenvalue weighted by Gasteiger charge is -2.27. The minimum Gasteiger partial charge on any atom is -0.399 e. The van der Waals surface area contributed by atoms with E-state index in [1.807, 2.05) is 48.5 Å². The van der Waals surface area contributed by atoms with Crippen LogP contribution in [0.25, 0.3) is 0 Å². The van der Waals surface area contributed by atoms with Gasteiger partial charge in [0.25, 0.3) is 5.91 Å². The average Bonchev–Trinajstić information content (AvgIpc) is 2.53. The molecule has 0 saturated carbocycles. The van der Waals surface area contributed by atoms with Gasteiger partial charge in [-0.1, -0.05) is 30.2 Å². The third-order valence-electron chi connectivity index (χ3n) is 3.62. The number of anilines is 1. The maximum absolute atomic E-state index is 12.2. The van der Waals surface area contributed by atoms with E-state index in [0.717, 1.165) is 23.2 Å². The fourth-order valence-corrected chi connectivity index (χ4v) is 2.47. The predicted octanol–water partition coefficient (Wildman–Crippen LogP) is 2.21. The molecule has 1 aliphatic rings. The summed E-state index contributed by atoms with van der Waals surface area (Å²) in [6.45, 7) is 1.30. The van der Waals surface area contributed by atoms with E-state index >= 15 is 0 Å². The normalized spacial score (nSPS) is 13.0. The SMILES string of the molecule is Nc1ccc2c(c1)CCN(C(=O)C#Cc1ccccc1)C2. The maximum atomic E-state index is 12.2. The molecule has 104 valence electrons. The van der Waals surface area contributed by atoms with Crippen molar-refractivity contribution < 1.29 is 4.79 Å². The first-order chi connectivity index (χ1) is 10.2. The van der Waals surface area contributed by atoms with Gasteiger partial charge in [0.15, 0.2) is 0 Å². The van der Waals surface area contributed by atoms with E-state index in [9.17, 15) is 4.79 Å². The molecule has 1 aliphatic heterocycles. The molecule has 2 N–H and O–H groups in total. The minimum absolute atomic E-state index is 0.124. The lowest BCUT2D eigenvalue weighted by molar-refractivity contribution is -0.125. The van der Waals surface area contributed by atoms with Crippen LogP contribution in [-0.2, 0) is 17.8 Å². The van der Waals surface area contributed by atoms with Crippen LogP contribution < -0.4 is 5.73 Å². The van der Waals surface area contributed by atoms with Crippen LogP contribution in [0.5, 0.6) is 0 Å². The van der Waals surface area contributed by atoms with Crippen LogP contribution in [-0.4, -0.2) is 17.4 Å². The number of benzene rings is 2. The van der Waals surface area contributed by atoms with Crippen molar-refractivity contribution in [3.63, 3.8) is 0 Å². The van der Waals surface area contributed by atoms with E-state index in [1.54, 1.807) is 4.90 Å². The quantitative estimate of drug-likeness (QED) is 0.592. The molecule has 0 aromatic heterocycles. The number of amides is 1. The average molecular weight is 276 g/mol. The summed E-state index contributed by atoms with van der Waals surface area (Å²) in [5.41, 5.74) is 9.81. The van der Waals surface area contributed by atoms with Crippen molar-refractivity contribution in [1.82, 2.24) is 4.90 Å². The smallest absolute Gasteiger partial charge is 0.299 e. The highest BCUT2D eigenvalue weighted by molar-refractivity contribution is 5.94. The van der Waals surface area contributed by atoms with Crippen molar-refractivity contribution in [3.05, 3.63) is 65.2 Å². The summed E-state index contributed by atoms with van der Waals surface area (Å²) < 4.78 is 0. The first kappa shape index (κ1) is 13.3. The van der Waals surface area contributed by atoms with Crippen molar-refractivity contribution in [3.8, 4) is 11.8 Å². The van der Waals surface area contributed by atoms with E-state index < -0.39 is 0 Å². The lowest BCUT2D eigenvalue weighted by Crippen LogP contribution is -2.35. The molecule has 0 aliphatic carbocycles. The Morgan fingerprint density at radius 2 is 1.90 bits per heavy atom.